The third-order valence-corrected chi connectivity index (χ3v) is 4.13. The molecule has 1 aliphatic heterocycles. The molecule has 5 heteroatoms. The predicted molar refractivity (Wildman–Crippen MR) is 87.2 cm³/mol. The minimum absolute atomic E-state index is 0.0848. The van der Waals surface area contributed by atoms with E-state index in [1.54, 1.807) is 0 Å². The van der Waals surface area contributed by atoms with Crippen molar-refractivity contribution < 1.29 is 9.90 Å². The van der Waals surface area contributed by atoms with Crippen LogP contribution in [0.3, 0.4) is 0 Å². The fourth-order valence-corrected chi connectivity index (χ4v) is 3.21. The molecule has 0 radical (unpaired) electrons. The van der Waals surface area contributed by atoms with Gasteiger partial charge in [-0.05, 0) is 24.1 Å². The number of nitrogens with zero attached hydrogens (tertiary/aromatic N) is 1. The molecule has 20 heavy (non-hydrogen) atoms. The fourth-order valence-electron chi connectivity index (χ4n) is 1.85. The van der Waals surface area contributed by atoms with E-state index in [0.717, 1.165) is 11.1 Å². The molecule has 1 fully saturated rings. The Morgan fingerprint density at radius 2 is 2.10 bits per heavy atom. The maximum Gasteiger partial charge on any atom is 0.266 e. The van der Waals surface area contributed by atoms with Crippen LogP contribution in [-0.4, -0.2) is 33.4 Å². The Morgan fingerprint density at radius 1 is 1.40 bits per heavy atom. The third-order valence-electron chi connectivity index (χ3n) is 2.75. The van der Waals surface area contributed by atoms with Crippen LogP contribution >= 0.6 is 24.0 Å². The topological polar surface area (TPSA) is 40.5 Å². The van der Waals surface area contributed by atoms with E-state index < -0.39 is 0 Å². The van der Waals surface area contributed by atoms with Crippen LogP contribution in [0.25, 0.3) is 6.08 Å². The fraction of sp³-hybridized carbons (Fsp3) is 0.200. The van der Waals surface area contributed by atoms with Crippen molar-refractivity contribution in [2.45, 2.75) is 6.92 Å². The van der Waals surface area contributed by atoms with Crippen molar-refractivity contribution in [1.29, 1.82) is 0 Å². The maximum absolute atomic E-state index is 12.1. The number of hydrogen-bond donors (Lipinski definition) is 1. The van der Waals surface area contributed by atoms with Gasteiger partial charge in [-0.15, -0.1) is 0 Å². The number of aliphatic hydroxyl groups is 1. The molecule has 0 aliphatic carbocycles. The molecule has 2 rings (SSSR count). The van der Waals surface area contributed by atoms with Crippen LogP contribution in [0.15, 0.2) is 46.9 Å². The average Bonchev–Trinajstić information content (AvgIpc) is 2.68. The molecule has 0 saturated carbocycles. The highest BCUT2D eigenvalue weighted by Crippen LogP contribution is 2.31. The monoisotopic (exact) mass is 305 g/mol. The molecule has 3 nitrogen and oxygen atoms in total. The Balaban J connectivity index is 2.17. The summed E-state index contributed by atoms with van der Waals surface area (Å²) in [4.78, 5) is 14.1. The van der Waals surface area contributed by atoms with E-state index >= 15 is 0 Å². The first kappa shape index (κ1) is 15.0. The predicted octanol–water partition coefficient (Wildman–Crippen LogP) is 2.83. The number of β-amino-alcohol motifs (C(OH)–C–C–N with tert-alkyl or cyclic N) is 1. The second kappa shape index (κ2) is 6.83. The van der Waals surface area contributed by atoms with Crippen LogP contribution in [0, 0.1) is 0 Å². The van der Waals surface area contributed by atoms with Crippen molar-refractivity contribution in [3.8, 4) is 0 Å². The number of aliphatic hydroxyl groups excluding tert-OH is 1. The van der Waals surface area contributed by atoms with Crippen LogP contribution in [-0.2, 0) is 4.79 Å². The highest BCUT2D eigenvalue weighted by Gasteiger charge is 2.31. The standard InChI is InChI=1S/C15H15NO2S2/c1-11(9-12-5-3-2-4-6-12)10-13-14(18)16(7-8-17)15(19)20-13/h2-6,9-10,17H,7-8H2,1H3/b11-9+,13-10-. The molecule has 1 heterocycles. The van der Waals surface area contributed by atoms with E-state index in [2.05, 4.69) is 0 Å². The van der Waals surface area contributed by atoms with Crippen molar-refractivity contribution in [3.63, 3.8) is 0 Å². The van der Waals surface area contributed by atoms with Crippen molar-refractivity contribution in [2.24, 2.45) is 0 Å². The number of carbonyl (C=O) groups is 1. The van der Waals surface area contributed by atoms with Gasteiger partial charge in [0.1, 0.15) is 4.32 Å². The summed E-state index contributed by atoms with van der Waals surface area (Å²) in [6.45, 7) is 2.12. The number of rotatable bonds is 4. The van der Waals surface area contributed by atoms with E-state index in [9.17, 15) is 4.79 Å². The lowest BCUT2D eigenvalue weighted by atomic mass is 10.1. The molecule has 0 aromatic heterocycles. The summed E-state index contributed by atoms with van der Waals surface area (Å²) in [6.07, 6.45) is 3.85. The van der Waals surface area contributed by atoms with Gasteiger partial charge < -0.3 is 5.11 Å². The van der Waals surface area contributed by atoms with Gasteiger partial charge in [-0.2, -0.15) is 0 Å². The second-order valence-electron chi connectivity index (χ2n) is 4.36. The Bertz CT molecular complexity index is 579. The molecule has 0 bridgehead atoms. The normalized spacial score (nSPS) is 18.2. The van der Waals surface area contributed by atoms with Gasteiger partial charge >= 0.3 is 0 Å². The first-order valence-corrected chi connectivity index (χ1v) is 7.44. The second-order valence-corrected chi connectivity index (χ2v) is 6.03. The average molecular weight is 305 g/mol. The number of allylic oxidation sites excluding steroid dienone is 2. The van der Waals surface area contributed by atoms with E-state index in [1.807, 2.05) is 49.4 Å². The lowest BCUT2D eigenvalue weighted by Gasteiger charge is -2.11. The van der Waals surface area contributed by atoms with Gasteiger partial charge in [0.05, 0.1) is 18.1 Å². The minimum Gasteiger partial charge on any atom is -0.395 e. The zero-order chi connectivity index (χ0) is 14.5. The smallest absolute Gasteiger partial charge is 0.266 e. The molecule has 1 N–H and O–H groups in total. The Hall–Kier alpha value is -1.43. The number of carbonyl (C=O) groups excluding carboxylic acids is 1. The molecule has 1 saturated heterocycles. The molecule has 1 aromatic carbocycles. The molecule has 1 aliphatic rings. The summed E-state index contributed by atoms with van der Waals surface area (Å²) in [6, 6.07) is 9.93. The quantitative estimate of drug-likeness (QED) is 0.686. The number of benzene rings is 1. The van der Waals surface area contributed by atoms with Gasteiger partial charge in [-0.25, -0.2) is 0 Å². The van der Waals surface area contributed by atoms with E-state index in [0.29, 0.717) is 9.23 Å². The third kappa shape index (κ3) is 3.56. The molecule has 1 aromatic rings. The molecular formula is C15H15NO2S2. The largest absolute Gasteiger partial charge is 0.395 e. The van der Waals surface area contributed by atoms with Crippen molar-refractivity contribution in [1.82, 2.24) is 4.90 Å². The Morgan fingerprint density at radius 3 is 2.75 bits per heavy atom. The summed E-state index contributed by atoms with van der Waals surface area (Å²) in [7, 11) is 0. The van der Waals surface area contributed by atoms with Gasteiger partial charge in [-0.3, -0.25) is 9.69 Å². The summed E-state index contributed by atoms with van der Waals surface area (Å²) in [5.41, 5.74) is 2.08. The summed E-state index contributed by atoms with van der Waals surface area (Å²) in [5.74, 6) is -0.130. The zero-order valence-electron chi connectivity index (χ0n) is 11.1. The van der Waals surface area contributed by atoms with Crippen molar-refractivity contribution in [2.75, 3.05) is 13.2 Å². The zero-order valence-corrected chi connectivity index (χ0v) is 12.7. The van der Waals surface area contributed by atoms with Gasteiger partial charge in [-0.1, -0.05) is 60.4 Å². The van der Waals surface area contributed by atoms with Gasteiger partial charge in [0, 0.05) is 0 Å². The Kier molecular flexibility index (Phi) is 5.11. The van der Waals surface area contributed by atoms with Crippen molar-refractivity contribution >= 4 is 40.3 Å². The molecule has 1 amide bonds. The lowest BCUT2D eigenvalue weighted by Crippen LogP contribution is -2.30. The van der Waals surface area contributed by atoms with E-state index in [-0.39, 0.29) is 19.1 Å². The van der Waals surface area contributed by atoms with E-state index in [4.69, 9.17) is 17.3 Å². The van der Waals surface area contributed by atoms with Crippen molar-refractivity contribution in [3.05, 3.63) is 52.4 Å². The van der Waals surface area contributed by atoms with E-state index in [1.165, 1.54) is 16.7 Å². The minimum atomic E-state index is -0.130. The lowest BCUT2D eigenvalue weighted by molar-refractivity contribution is -0.122. The molecule has 104 valence electrons. The van der Waals surface area contributed by atoms with Gasteiger partial charge in [0.15, 0.2) is 0 Å². The molecule has 0 unspecified atom stereocenters. The SMILES string of the molecule is CC(/C=C1\SC(=S)N(CCO)C1=O)=C\c1ccccc1. The highest BCUT2D eigenvalue weighted by atomic mass is 32.2. The number of amides is 1. The van der Waals surface area contributed by atoms with Gasteiger partial charge in [0.2, 0.25) is 0 Å². The van der Waals surface area contributed by atoms with Gasteiger partial charge in [0.25, 0.3) is 5.91 Å². The number of thioether (sulfide) groups is 1. The molecular weight excluding hydrogens is 290 g/mol. The highest BCUT2D eigenvalue weighted by molar-refractivity contribution is 8.26. The molecule has 0 spiro atoms. The number of hydrogen-bond acceptors (Lipinski definition) is 4. The first-order valence-electron chi connectivity index (χ1n) is 6.21. The van der Waals surface area contributed by atoms with Crippen LogP contribution in [0.5, 0.6) is 0 Å². The van der Waals surface area contributed by atoms with Crippen LogP contribution in [0.2, 0.25) is 0 Å². The maximum atomic E-state index is 12.1. The first-order chi connectivity index (χ1) is 9.61. The van der Waals surface area contributed by atoms with Crippen LogP contribution in [0.1, 0.15) is 12.5 Å². The summed E-state index contributed by atoms with van der Waals surface area (Å²) < 4.78 is 0.503. The van der Waals surface area contributed by atoms with Crippen LogP contribution in [0.4, 0.5) is 0 Å². The Labute approximate surface area is 128 Å². The summed E-state index contributed by atoms with van der Waals surface area (Å²) in [5, 5.41) is 8.93. The van der Waals surface area contributed by atoms with Crippen LogP contribution < -0.4 is 0 Å². The summed E-state index contributed by atoms with van der Waals surface area (Å²) >= 11 is 6.42. The number of thiocarbonyl (C=S) groups is 1. The molecule has 0 atom stereocenters.